The molecule has 4 N–H and O–H groups in total. The average Bonchev–Trinajstić information content (AvgIpc) is 3.55. The molecule has 5 rings (SSSR count). The molecule has 0 unspecified atom stereocenters. The van der Waals surface area contributed by atoms with Crippen LogP contribution in [-0.4, -0.2) is 63.0 Å². The molecule has 9 heteroatoms. The van der Waals surface area contributed by atoms with E-state index in [2.05, 4.69) is 57.3 Å². The maximum absolute atomic E-state index is 10.6. The molecule has 0 aliphatic rings. The van der Waals surface area contributed by atoms with Crippen molar-refractivity contribution in [2.24, 2.45) is 0 Å². The van der Waals surface area contributed by atoms with Crippen LogP contribution in [-0.2, 0) is 17.8 Å². The van der Waals surface area contributed by atoms with E-state index >= 15 is 0 Å². The first-order chi connectivity index (χ1) is 18.4. The van der Waals surface area contributed by atoms with E-state index in [4.69, 9.17) is 15.6 Å². The Labute approximate surface area is 221 Å². The maximum atomic E-state index is 10.6. The van der Waals surface area contributed by atoms with E-state index in [1.807, 2.05) is 36.5 Å². The van der Waals surface area contributed by atoms with Gasteiger partial charge in [-0.05, 0) is 29.8 Å². The van der Waals surface area contributed by atoms with Crippen LogP contribution in [0.25, 0.3) is 22.2 Å². The standard InChI is InChI=1S/C18H22N4O.C11H10N2O2/c1-22(7-8-23-2)12-13-3-5-14(6-4-13)15-9-16-17(19)11-21-18(16)20-10-15;14-11(15)10-6-12-13(8-10)7-9-4-2-1-3-5-9/h3-6,9-11H,7-8,12,19H2,1-2H3,(H,20,21);1-6,8H,7H2,(H,14,15). The summed E-state index contributed by atoms with van der Waals surface area (Å²) in [6, 6.07) is 20.4. The molecule has 0 amide bonds. The number of nitrogens with two attached hydrogens (primary N) is 1. The number of hydrogen-bond donors (Lipinski definition) is 3. The number of methoxy groups -OCH3 is 1. The molecule has 0 saturated carbocycles. The number of rotatable bonds is 9. The zero-order chi connectivity index (χ0) is 26.9. The fraction of sp³-hybridized carbons (Fsp3) is 0.207. The lowest BCUT2D eigenvalue weighted by molar-refractivity contribution is 0.0696. The molecular formula is C29H32N6O3. The molecular weight excluding hydrogens is 480 g/mol. The number of aromatic amines is 1. The van der Waals surface area contributed by atoms with Crippen LogP contribution in [0.3, 0.4) is 0 Å². The zero-order valence-corrected chi connectivity index (χ0v) is 21.5. The number of fused-ring (bicyclic) bond motifs is 1. The second kappa shape index (κ2) is 12.7. The van der Waals surface area contributed by atoms with Crippen molar-refractivity contribution in [3.05, 3.63) is 102 Å². The number of anilines is 1. The van der Waals surface area contributed by atoms with Crippen LogP contribution in [0.15, 0.2) is 85.5 Å². The number of nitrogens with one attached hydrogen (secondary N) is 1. The molecule has 0 radical (unpaired) electrons. The summed E-state index contributed by atoms with van der Waals surface area (Å²) in [5.41, 5.74) is 12.3. The minimum absolute atomic E-state index is 0.214. The van der Waals surface area contributed by atoms with Crippen LogP contribution in [0.1, 0.15) is 21.5 Å². The number of ether oxygens (including phenoxy) is 1. The van der Waals surface area contributed by atoms with Crippen molar-refractivity contribution < 1.29 is 14.6 Å². The molecule has 3 heterocycles. The first-order valence-corrected chi connectivity index (χ1v) is 12.2. The zero-order valence-electron chi connectivity index (χ0n) is 21.5. The van der Waals surface area contributed by atoms with E-state index in [9.17, 15) is 4.79 Å². The molecule has 3 aromatic heterocycles. The topological polar surface area (TPSA) is 122 Å². The van der Waals surface area contributed by atoms with Crippen molar-refractivity contribution in [1.82, 2.24) is 24.6 Å². The lowest BCUT2D eigenvalue weighted by Gasteiger charge is -2.16. The number of hydrogen-bond acceptors (Lipinski definition) is 6. The molecule has 0 aliphatic heterocycles. The highest BCUT2D eigenvalue weighted by Gasteiger charge is 2.07. The molecule has 0 fully saturated rings. The number of likely N-dealkylation sites (N-methyl/N-ethyl adjacent to an activating group) is 1. The molecule has 5 aromatic rings. The van der Waals surface area contributed by atoms with Crippen LogP contribution < -0.4 is 5.73 Å². The molecule has 0 saturated heterocycles. The highest BCUT2D eigenvalue weighted by atomic mass is 16.5. The van der Waals surface area contributed by atoms with E-state index in [1.54, 1.807) is 18.0 Å². The van der Waals surface area contributed by atoms with Gasteiger partial charge in [-0.1, -0.05) is 54.6 Å². The van der Waals surface area contributed by atoms with Crippen LogP contribution in [0, 0.1) is 0 Å². The van der Waals surface area contributed by atoms with Gasteiger partial charge < -0.3 is 20.6 Å². The van der Waals surface area contributed by atoms with Gasteiger partial charge in [-0.3, -0.25) is 9.58 Å². The van der Waals surface area contributed by atoms with Gasteiger partial charge in [0.05, 0.1) is 30.6 Å². The van der Waals surface area contributed by atoms with Crippen molar-refractivity contribution in [3.63, 3.8) is 0 Å². The second-order valence-electron chi connectivity index (χ2n) is 9.01. The fourth-order valence-electron chi connectivity index (χ4n) is 3.95. The molecule has 196 valence electrons. The predicted octanol–water partition coefficient (Wildman–Crippen LogP) is 4.52. The largest absolute Gasteiger partial charge is 0.478 e. The van der Waals surface area contributed by atoms with E-state index in [1.165, 1.54) is 18.0 Å². The Morgan fingerprint density at radius 1 is 1.08 bits per heavy atom. The molecule has 2 aromatic carbocycles. The van der Waals surface area contributed by atoms with E-state index < -0.39 is 5.97 Å². The van der Waals surface area contributed by atoms with Crippen LogP contribution >= 0.6 is 0 Å². The number of aromatic carboxylic acids is 1. The van der Waals surface area contributed by atoms with Gasteiger partial charge in [0.1, 0.15) is 5.65 Å². The van der Waals surface area contributed by atoms with Crippen LogP contribution in [0.5, 0.6) is 0 Å². The molecule has 0 bridgehead atoms. The Kier molecular flexibility index (Phi) is 8.86. The highest BCUT2D eigenvalue weighted by Crippen LogP contribution is 2.26. The number of benzene rings is 2. The van der Waals surface area contributed by atoms with E-state index in [0.717, 1.165) is 53.1 Å². The molecule has 0 aliphatic carbocycles. The van der Waals surface area contributed by atoms with Gasteiger partial charge in [0.15, 0.2) is 0 Å². The van der Waals surface area contributed by atoms with Crippen molar-refractivity contribution in [2.45, 2.75) is 13.1 Å². The minimum Gasteiger partial charge on any atom is -0.478 e. The number of pyridine rings is 1. The normalized spacial score (nSPS) is 10.9. The summed E-state index contributed by atoms with van der Waals surface area (Å²) in [6.07, 6.45) is 6.53. The highest BCUT2D eigenvalue weighted by molar-refractivity contribution is 5.91. The van der Waals surface area contributed by atoms with Gasteiger partial charge in [0.2, 0.25) is 0 Å². The third kappa shape index (κ3) is 7.06. The fourth-order valence-corrected chi connectivity index (χ4v) is 3.95. The van der Waals surface area contributed by atoms with Gasteiger partial charge in [-0.25, -0.2) is 9.78 Å². The summed E-state index contributed by atoms with van der Waals surface area (Å²) in [4.78, 5) is 20.3. The maximum Gasteiger partial charge on any atom is 0.338 e. The monoisotopic (exact) mass is 512 g/mol. The SMILES string of the molecule is COCCN(C)Cc1ccc(-c2cnc3[nH]cc(N)c3c2)cc1.O=C(O)c1cnn(Cc2ccccc2)c1. The Hall–Kier alpha value is -4.47. The van der Waals surface area contributed by atoms with Gasteiger partial charge in [-0.2, -0.15) is 5.10 Å². The van der Waals surface area contributed by atoms with Crippen molar-refractivity contribution in [1.29, 1.82) is 0 Å². The lowest BCUT2D eigenvalue weighted by Crippen LogP contribution is -2.22. The number of carboxylic acids is 1. The van der Waals surface area contributed by atoms with Crippen molar-refractivity contribution >= 4 is 22.7 Å². The van der Waals surface area contributed by atoms with Crippen molar-refractivity contribution in [3.8, 4) is 11.1 Å². The quantitative estimate of drug-likeness (QED) is 0.265. The van der Waals surface area contributed by atoms with Gasteiger partial charge in [0, 0.05) is 49.7 Å². The van der Waals surface area contributed by atoms with E-state index in [0.29, 0.717) is 6.54 Å². The second-order valence-corrected chi connectivity index (χ2v) is 9.01. The predicted molar refractivity (Wildman–Crippen MR) is 149 cm³/mol. The number of H-pyrrole nitrogens is 1. The Balaban J connectivity index is 0.000000194. The summed E-state index contributed by atoms with van der Waals surface area (Å²) in [7, 11) is 3.82. The molecule has 38 heavy (non-hydrogen) atoms. The Morgan fingerprint density at radius 3 is 2.53 bits per heavy atom. The van der Waals surface area contributed by atoms with Gasteiger partial charge in [-0.15, -0.1) is 0 Å². The number of aromatic nitrogens is 4. The smallest absolute Gasteiger partial charge is 0.338 e. The Bertz CT molecular complexity index is 1460. The minimum atomic E-state index is -0.950. The van der Waals surface area contributed by atoms with Gasteiger partial charge in [0.25, 0.3) is 0 Å². The first kappa shape index (κ1) is 26.6. The van der Waals surface area contributed by atoms with Gasteiger partial charge >= 0.3 is 5.97 Å². The first-order valence-electron chi connectivity index (χ1n) is 12.2. The van der Waals surface area contributed by atoms with Crippen molar-refractivity contribution in [2.75, 3.05) is 33.0 Å². The molecule has 0 spiro atoms. The number of carbonyl (C=O) groups is 1. The lowest BCUT2D eigenvalue weighted by atomic mass is 10.0. The third-order valence-electron chi connectivity index (χ3n) is 6.05. The summed E-state index contributed by atoms with van der Waals surface area (Å²) < 4.78 is 6.71. The Morgan fingerprint density at radius 2 is 1.84 bits per heavy atom. The number of carboxylic acid groups (broad SMARTS) is 1. The van der Waals surface area contributed by atoms with Crippen LogP contribution in [0.2, 0.25) is 0 Å². The molecule has 0 atom stereocenters. The average molecular weight is 513 g/mol. The molecule has 9 nitrogen and oxygen atoms in total. The summed E-state index contributed by atoms with van der Waals surface area (Å²) in [6.45, 7) is 3.17. The summed E-state index contributed by atoms with van der Waals surface area (Å²) in [5, 5.41) is 13.6. The summed E-state index contributed by atoms with van der Waals surface area (Å²) in [5.74, 6) is -0.950. The number of nitrogen functional groups attached to an aromatic ring is 1. The van der Waals surface area contributed by atoms with E-state index in [-0.39, 0.29) is 5.56 Å². The van der Waals surface area contributed by atoms with Crippen LogP contribution in [0.4, 0.5) is 5.69 Å². The number of nitrogens with zero attached hydrogens (tertiary/aromatic N) is 4. The third-order valence-corrected chi connectivity index (χ3v) is 6.05. The summed E-state index contributed by atoms with van der Waals surface area (Å²) >= 11 is 0.